The van der Waals surface area contributed by atoms with E-state index in [-0.39, 0.29) is 11.4 Å². The van der Waals surface area contributed by atoms with Gasteiger partial charge in [-0.3, -0.25) is 9.58 Å². The molecule has 162 valence electrons. The predicted octanol–water partition coefficient (Wildman–Crippen LogP) is 2.89. The molecule has 8 heteroatoms. The van der Waals surface area contributed by atoms with E-state index in [1.807, 2.05) is 12.1 Å². The van der Waals surface area contributed by atoms with Crippen molar-refractivity contribution in [3.8, 4) is 11.1 Å². The maximum atomic E-state index is 12.0. The minimum atomic E-state index is -0.490. The average Bonchev–Trinajstić information content (AvgIpc) is 3.46. The highest BCUT2D eigenvalue weighted by molar-refractivity contribution is 5.95. The lowest BCUT2D eigenvalue weighted by Crippen LogP contribution is -2.38. The van der Waals surface area contributed by atoms with Crippen LogP contribution >= 0.6 is 0 Å². The van der Waals surface area contributed by atoms with Crippen LogP contribution in [0.3, 0.4) is 0 Å². The quantitative estimate of drug-likeness (QED) is 0.647. The Balaban J connectivity index is 1.38. The van der Waals surface area contributed by atoms with Gasteiger partial charge in [0.1, 0.15) is 11.4 Å². The van der Waals surface area contributed by atoms with Crippen molar-refractivity contribution < 1.29 is 14.3 Å². The number of rotatable bonds is 4. The summed E-state index contributed by atoms with van der Waals surface area (Å²) >= 11 is 0. The molecule has 2 aromatic heterocycles. The van der Waals surface area contributed by atoms with E-state index in [0.29, 0.717) is 12.1 Å². The molecule has 0 radical (unpaired) electrons. The topological polar surface area (TPSA) is 95.5 Å². The molecule has 2 aliphatic heterocycles. The van der Waals surface area contributed by atoms with E-state index in [1.165, 1.54) is 7.11 Å². The van der Waals surface area contributed by atoms with Gasteiger partial charge in [-0.2, -0.15) is 5.10 Å². The van der Waals surface area contributed by atoms with Gasteiger partial charge >= 0.3 is 5.97 Å². The molecule has 1 aromatic carbocycles. The first-order chi connectivity index (χ1) is 15.1. The SMILES string of the molecule is COC(=O)c1cc(-c2ccc3nn(C4CCN(C5CCOCC5)C4)cc3c2)cnc1N. The minimum Gasteiger partial charge on any atom is -0.465 e. The van der Waals surface area contributed by atoms with E-state index in [9.17, 15) is 4.79 Å². The summed E-state index contributed by atoms with van der Waals surface area (Å²) in [6, 6.07) is 8.85. The van der Waals surface area contributed by atoms with E-state index in [0.717, 1.165) is 67.6 Å². The van der Waals surface area contributed by atoms with Gasteiger partial charge < -0.3 is 15.2 Å². The van der Waals surface area contributed by atoms with Crippen molar-refractivity contribution in [3.63, 3.8) is 0 Å². The number of aromatic nitrogens is 3. The molecule has 3 aromatic rings. The number of benzene rings is 1. The number of esters is 1. The van der Waals surface area contributed by atoms with Gasteiger partial charge in [0, 0.05) is 55.7 Å². The molecule has 8 nitrogen and oxygen atoms in total. The number of hydrogen-bond acceptors (Lipinski definition) is 7. The van der Waals surface area contributed by atoms with Crippen molar-refractivity contribution in [2.75, 3.05) is 39.1 Å². The monoisotopic (exact) mass is 421 g/mol. The van der Waals surface area contributed by atoms with E-state index in [1.54, 1.807) is 12.3 Å². The Morgan fingerprint density at radius 2 is 2.00 bits per heavy atom. The smallest absolute Gasteiger partial charge is 0.341 e. The first kappa shape index (κ1) is 20.0. The number of carbonyl (C=O) groups is 1. The highest BCUT2D eigenvalue weighted by atomic mass is 16.5. The summed E-state index contributed by atoms with van der Waals surface area (Å²) in [6.45, 7) is 3.90. The lowest BCUT2D eigenvalue weighted by Gasteiger charge is -2.30. The largest absolute Gasteiger partial charge is 0.465 e. The van der Waals surface area contributed by atoms with Crippen LogP contribution < -0.4 is 5.73 Å². The highest BCUT2D eigenvalue weighted by Crippen LogP contribution is 2.30. The number of anilines is 1. The van der Waals surface area contributed by atoms with E-state index < -0.39 is 5.97 Å². The van der Waals surface area contributed by atoms with Crippen LogP contribution in [0.1, 0.15) is 35.7 Å². The van der Waals surface area contributed by atoms with Crippen molar-refractivity contribution in [3.05, 3.63) is 42.2 Å². The molecule has 2 fully saturated rings. The number of nitrogens with two attached hydrogens (primary N) is 1. The van der Waals surface area contributed by atoms with Crippen LogP contribution in [0.2, 0.25) is 0 Å². The third kappa shape index (κ3) is 3.88. The average molecular weight is 422 g/mol. The fourth-order valence-corrected chi connectivity index (χ4v) is 4.68. The zero-order chi connectivity index (χ0) is 21.4. The van der Waals surface area contributed by atoms with Gasteiger partial charge in [-0.1, -0.05) is 6.07 Å². The summed E-state index contributed by atoms with van der Waals surface area (Å²) in [5, 5.41) is 5.91. The first-order valence-corrected chi connectivity index (χ1v) is 10.8. The number of nitrogen functional groups attached to an aromatic ring is 1. The summed E-state index contributed by atoms with van der Waals surface area (Å²) in [6.07, 6.45) is 7.17. The summed E-state index contributed by atoms with van der Waals surface area (Å²) in [5.41, 5.74) is 8.85. The van der Waals surface area contributed by atoms with Crippen LogP contribution in [-0.2, 0) is 9.47 Å². The van der Waals surface area contributed by atoms with Gasteiger partial charge in [0.05, 0.1) is 18.7 Å². The first-order valence-electron chi connectivity index (χ1n) is 10.8. The van der Waals surface area contributed by atoms with Gasteiger partial charge in [0.2, 0.25) is 0 Å². The predicted molar refractivity (Wildman–Crippen MR) is 118 cm³/mol. The molecule has 4 heterocycles. The molecule has 31 heavy (non-hydrogen) atoms. The van der Waals surface area contributed by atoms with Crippen molar-refractivity contribution >= 4 is 22.7 Å². The molecular formula is C23H27N5O3. The van der Waals surface area contributed by atoms with E-state index >= 15 is 0 Å². The Bertz CT molecular complexity index is 1110. The maximum absolute atomic E-state index is 12.0. The van der Waals surface area contributed by atoms with Gasteiger partial charge in [0.15, 0.2) is 0 Å². The molecule has 1 unspecified atom stereocenters. The van der Waals surface area contributed by atoms with Crippen LogP contribution in [0.5, 0.6) is 0 Å². The molecule has 0 aliphatic carbocycles. The number of nitrogens with zero attached hydrogens (tertiary/aromatic N) is 4. The van der Waals surface area contributed by atoms with Crippen LogP contribution in [0.4, 0.5) is 5.82 Å². The second-order valence-electron chi connectivity index (χ2n) is 8.31. The fraction of sp³-hybridized carbons (Fsp3) is 0.435. The van der Waals surface area contributed by atoms with Crippen molar-refractivity contribution in [2.24, 2.45) is 0 Å². The molecule has 0 bridgehead atoms. The zero-order valence-electron chi connectivity index (χ0n) is 17.7. The van der Waals surface area contributed by atoms with Crippen molar-refractivity contribution in [1.82, 2.24) is 19.7 Å². The normalized spacial score (nSPS) is 20.4. The third-order valence-corrected chi connectivity index (χ3v) is 6.46. The molecule has 2 aliphatic rings. The molecular weight excluding hydrogens is 394 g/mol. The molecule has 0 amide bonds. The van der Waals surface area contributed by atoms with Gasteiger partial charge in [-0.25, -0.2) is 9.78 Å². The zero-order valence-corrected chi connectivity index (χ0v) is 17.7. The number of likely N-dealkylation sites (tertiary alicyclic amines) is 1. The molecule has 0 spiro atoms. The third-order valence-electron chi connectivity index (χ3n) is 6.46. The molecule has 1 atom stereocenters. The van der Waals surface area contributed by atoms with Crippen molar-refractivity contribution in [1.29, 1.82) is 0 Å². The molecule has 0 saturated carbocycles. The Morgan fingerprint density at radius 3 is 2.81 bits per heavy atom. The number of fused-ring (bicyclic) bond motifs is 1. The second-order valence-corrected chi connectivity index (χ2v) is 8.31. The minimum absolute atomic E-state index is 0.166. The lowest BCUT2D eigenvalue weighted by molar-refractivity contribution is 0.0412. The van der Waals surface area contributed by atoms with E-state index in [2.05, 4.69) is 26.8 Å². The fourth-order valence-electron chi connectivity index (χ4n) is 4.68. The summed E-state index contributed by atoms with van der Waals surface area (Å²) < 4.78 is 12.4. The van der Waals surface area contributed by atoms with Gasteiger partial charge in [0.25, 0.3) is 0 Å². The summed E-state index contributed by atoms with van der Waals surface area (Å²) in [4.78, 5) is 18.7. The second kappa shape index (κ2) is 8.28. The summed E-state index contributed by atoms with van der Waals surface area (Å²) in [7, 11) is 1.33. The Morgan fingerprint density at radius 1 is 1.16 bits per heavy atom. The lowest BCUT2D eigenvalue weighted by atomic mass is 10.0. The molecule has 2 N–H and O–H groups in total. The molecule has 2 saturated heterocycles. The maximum Gasteiger partial charge on any atom is 0.341 e. The highest BCUT2D eigenvalue weighted by Gasteiger charge is 2.30. The van der Waals surface area contributed by atoms with Crippen LogP contribution in [0.15, 0.2) is 36.7 Å². The Hall–Kier alpha value is -2.97. The van der Waals surface area contributed by atoms with Crippen LogP contribution in [0.25, 0.3) is 22.0 Å². The number of pyridine rings is 1. The number of methoxy groups -OCH3 is 1. The standard InChI is InChI=1S/C23H27N5O3/c1-30-23(29)20-11-16(12-25-22(20)24)15-2-3-21-17(10-15)13-28(26-21)19-4-7-27(14-19)18-5-8-31-9-6-18/h2-3,10-13,18-19H,4-9,14H2,1H3,(H2,24,25). The summed E-state index contributed by atoms with van der Waals surface area (Å²) in [5.74, 6) is -0.323. The van der Waals surface area contributed by atoms with E-state index in [4.69, 9.17) is 20.3 Å². The van der Waals surface area contributed by atoms with Crippen LogP contribution in [0, 0.1) is 0 Å². The van der Waals surface area contributed by atoms with Gasteiger partial charge in [-0.05, 0) is 43.0 Å². The number of hydrogen-bond donors (Lipinski definition) is 1. The number of ether oxygens (including phenoxy) is 2. The number of carbonyl (C=O) groups excluding carboxylic acids is 1. The Kier molecular flexibility index (Phi) is 5.33. The van der Waals surface area contributed by atoms with Crippen LogP contribution in [-0.4, -0.2) is 65.1 Å². The van der Waals surface area contributed by atoms with Crippen molar-refractivity contribution in [2.45, 2.75) is 31.3 Å². The van der Waals surface area contributed by atoms with Gasteiger partial charge in [-0.15, -0.1) is 0 Å². The molecule has 5 rings (SSSR count). The Labute approximate surface area is 180 Å².